The summed E-state index contributed by atoms with van der Waals surface area (Å²) in [4.78, 5) is 65.4. The second-order valence-electron chi connectivity index (χ2n) is 34.6. The van der Waals surface area contributed by atoms with Gasteiger partial charge in [0, 0.05) is 33.6 Å². The minimum Gasteiger partial charge on any atom is -0.477 e. The number of amides is 4. The smallest absolute Gasteiger partial charge is 0.364 e. The maximum absolute atomic E-state index is 13.6. The molecule has 33 atom stereocenters. The Hall–Kier alpha value is -4.37. The molecule has 6 heterocycles. The minimum atomic E-state index is -3.24. The molecular weight excluding hydrogens is 1680 g/mol. The second kappa shape index (κ2) is 59.4. The van der Waals surface area contributed by atoms with Crippen LogP contribution in [0.2, 0.25) is 0 Å². The first kappa shape index (κ1) is 111. The predicted molar refractivity (Wildman–Crippen MR) is 450 cm³/mol. The van der Waals surface area contributed by atoms with Crippen molar-refractivity contribution in [2.24, 2.45) is 0 Å². The fourth-order valence-electron chi connectivity index (χ4n) is 17.0. The first-order valence-corrected chi connectivity index (χ1v) is 46.2. The number of rotatable bonds is 61. The van der Waals surface area contributed by atoms with Gasteiger partial charge in [-0.15, -0.1) is 0 Å². The standard InChI is InChI=1S/C87H154N4O36/c1-6-8-10-12-14-16-18-20-21-22-23-24-25-26-27-29-31-33-35-37-39-41-62(104)91-53(54(101)40-38-36-34-32-30-28-19-17-15-13-11-9-7-2)49-116-83-72(111)71(110)76(61(48-97)121-83)123-85-73(112)79(68(107)58(45-94)119-85)124-81-64(89-51(4)99)70(109)75(60(47-96)120-81)122-84-74(113)80(69(108)59(46-95)118-84)125-82-65(90-52(5)100)78(67(106)57(44-93)117-82)127-87(86(114)115)42-55(102)63(88-50(3)98)77(126-87)66(105)56(103)43-92/h20-21,38,40,53-61,63-85,92-97,101-103,105-113H,6-19,22-37,39,41-49H2,1-5H3,(H,88,98)(H,89,99)(H,90,100)(H,91,104)(H,114,115)/b21-20-,40-38+/t53-,54+,55?,56+,57?,58?,59?,60?,61?,63+,64?,65?,66+,67-,68-,69-,70+,71+,72?,73?,74?,75+,76+,77?,78+,79-,80-,81-,82-,83+,84-,85-,87-/m0/s1. The average molecular weight is 1830 g/mol. The van der Waals surface area contributed by atoms with E-state index in [1.807, 2.05) is 6.08 Å². The van der Waals surface area contributed by atoms with E-state index < -0.39 is 278 Å². The van der Waals surface area contributed by atoms with Gasteiger partial charge < -0.3 is 175 Å². The second-order valence-corrected chi connectivity index (χ2v) is 34.6. The predicted octanol–water partition coefficient (Wildman–Crippen LogP) is -0.958. The highest BCUT2D eigenvalue weighted by Crippen LogP contribution is 2.41. The Morgan fingerprint density at radius 3 is 1.21 bits per heavy atom. The van der Waals surface area contributed by atoms with Crippen molar-refractivity contribution in [1.82, 2.24) is 21.3 Å². The number of aliphatic carboxylic acids is 1. The fraction of sp³-hybridized carbons (Fsp3) is 0.897. The molecule has 4 amide bonds. The molecule has 23 N–H and O–H groups in total. The number of carboxylic acids is 1. The average Bonchev–Trinajstić information content (AvgIpc) is 0.748. The van der Waals surface area contributed by atoms with Crippen molar-refractivity contribution in [2.75, 3.05) is 46.2 Å². The van der Waals surface area contributed by atoms with Crippen molar-refractivity contribution in [1.29, 1.82) is 0 Å². The van der Waals surface area contributed by atoms with Gasteiger partial charge in [-0.05, 0) is 44.9 Å². The molecule has 12 unspecified atom stereocenters. The van der Waals surface area contributed by atoms with Crippen molar-refractivity contribution < 1.29 is 178 Å². The van der Waals surface area contributed by atoms with Gasteiger partial charge in [-0.2, -0.15) is 0 Å². The molecule has 0 aromatic carbocycles. The van der Waals surface area contributed by atoms with E-state index in [-0.39, 0.29) is 12.3 Å². The number of hydrogen-bond acceptors (Lipinski definition) is 35. The summed E-state index contributed by atoms with van der Waals surface area (Å²) in [6, 6.07) is -6.74. The monoisotopic (exact) mass is 1830 g/mol. The maximum Gasteiger partial charge on any atom is 0.364 e. The van der Waals surface area contributed by atoms with Crippen LogP contribution in [-0.2, 0) is 80.8 Å². The molecule has 738 valence electrons. The normalized spacial score (nSPS) is 34.7. The molecule has 127 heavy (non-hydrogen) atoms. The summed E-state index contributed by atoms with van der Waals surface area (Å²) in [5.41, 5.74) is 0. The number of carbonyl (C=O) groups excluding carboxylic acids is 4. The fourth-order valence-corrected chi connectivity index (χ4v) is 17.0. The summed E-state index contributed by atoms with van der Waals surface area (Å²) in [7, 11) is 0. The van der Waals surface area contributed by atoms with Gasteiger partial charge in [0.1, 0.15) is 140 Å². The van der Waals surface area contributed by atoms with Crippen LogP contribution >= 0.6 is 0 Å². The topological polar surface area (TPSA) is 629 Å². The first-order chi connectivity index (χ1) is 60.9. The third-order valence-electron chi connectivity index (χ3n) is 24.3. The highest BCUT2D eigenvalue weighted by atomic mass is 16.8. The zero-order chi connectivity index (χ0) is 93.3. The molecule has 0 saturated carbocycles. The molecule has 40 nitrogen and oxygen atoms in total. The van der Waals surface area contributed by atoms with Crippen LogP contribution in [0.15, 0.2) is 24.3 Å². The molecule has 0 spiro atoms. The molecular formula is C87H154N4O36. The highest BCUT2D eigenvalue weighted by Gasteiger charge is 2.62. The molecule has 6 rings (SSSR count). The van der Waals surface area contributed by atoms with E-state index in [1.54, 1.807) is 6.08 Å². The maximum atomic E-state index is 13.6. The first-order valence-electron chi connectivity index (χ1n) is 46.2. The molecule has 0 radical (unpaired) electrons. The van der Waals surface area contributed by atoms with Gasteiger partial charge in [0.05, 0.1) is 70.5 Å². The van der Waals surface area contributed by atoms with Crippen LogP contribution < -0.4 is 21.3 Å². The van der Waals surface area contributed by atoms with Crippen LogP contribution in [0.4, 0.5) is 0 Å². The van der Waals surface area contributed by atoms with E-state index in [0.29, 0.717) is 12.8 Å². The number of aliphatic hydroxyl groups excluding tert-OH is 18. The van der Waals surface area contributed by atoms with Crippen LogP contribution in [0.5, 0.6) is 0 Å². The van der Waals surface area contributed by atoms with Crippen molar-refractivity contribution in [3.8, 4) is 0 Å². The third-order valence-corrected chi connectivity index (χ3v) is 24.3. The van der Waals surface area contributed by atoms with Crippen LogP contribution in [0.3, 0.4) is 0 Å². The number of carboxylic acid groups (broad SMARTS) is 1. The lowest BCUT2D eigenvalue weighted by molar-refractivity contribution is -0.388. The van der Waals surface area contributed by atoms with Gasteiger partial charge in [-0.3, -0.25) is 19.2 Å². The van der Waals surface area contributed by atoms with E-state index in [4.69, 9.17) is 56.8 Å². The largest absolute Gasteiger partial charge is 0.477 e. The molecule has 0 aliphatic carbocycles. The summed E-state index contributed by atoms with van der Waals surface area (Å²) >= 11 is 0. The van der Waals surface area contributed by atoms with Crippen LogP contribution in [0.1, 0.15) is 247 Å². The number of ether oxygens (including phenoxy) is 12. The lowest BCUT2D eigenvalue weighted by atomic mass is 9.88. The molecule has 6 aliphatic heterocycles. The Labute approximate surface area is 744 Å². The molecule has 6 aliphatic rings. The number of hydrogen-bond donors (Lipinski definition) is 23. The Morgan fingerprint density at radius 1 is 0.409 bits per heavy atom. The van der Waals surface area contributed by atoms with Crippen LogP contribution in [0.25, 0.3) is 0 Å². The van der Waals surface area contributed by atoms with Crippen LogP contribution in [-0.4, -0.2) is 375 Å². The van der Waals surface area contributed by atoms with Crippen molar-refractivity contribution >= 4 is 29.6 Å². The van der Waals surface area contributed by atoms with E-state index in [0.717, 1.165) is 85.0 Å². The van der Waals surface area contributed by atoms with Gasteiger partial charge in [-0.1, -0.05) is 192 Å². The Bertz CT molecular complexity index is 3120. The number of allylic oxidation sites excluding steroid dienone is 3. The van der Waals surface area contributed by atoms with Gasteiger partial charge in [-0.25, -0.2) is 4.79 Å². The molecule has 40 heteroatoms. The van der Waals surface area contributed by atoms with Crippen molar-refractivity contribution in [3.63, 3.8) is 0 Å². The summed E-state index contributed by atoms with van der Waals surface area (Å²) in [5, 5.41) is 224. The Morgan fingerprint density at radius 2 is 0.780 bits per heavy atom. The van der Waals surface area contributed by atoms with E-state index in [2.05, 4.69) is 47.3 Å². The summed E-state index contributed by atoms with van der Waals surface area (Å²) in [5.74, 6) is -8.43. The molecule has 0 bridgehead atoms. The van der Waals surface area contributed by atoms with E-state index in [1.165, 1.54) is 122 Å². The summed E-state index contributed by atoms with van der Waals surface area (Å²) in [6.07, 6.45) is -14.4. The Balaban J connectivity index is 1.10. The zero-order valence-corrected chi connectivity index (χ0v) is 74.5. The summed E-state index contributed by atoms with van der Waals surface area (Å²) in [6.45, 7) is 0.260. The van der Waals surface area contributed by atoms with Gasteiger partial charge >= 0.3 is 5.97 Å². The third kappa shape index (κ3) is 34.8. The Kier molecular flexibility index (Phi) is 52.1. The van der Waals surface area contributed by atoms with Crippen molar-refractivity contribution in [2.45, 2.75) is 448 Å². The molecule has 6 saturated heterocycles. The van der Waals surface area contributed by atoms with E-state index >= 15 is 0 Å². The number of carbonyl (C=O) groups is 5. The van der Waals surface area contributed by atoms with Gasteiger partial charge in [0.25, 0.3) is 5.79 Å². The SMILES string of the molecule is CCCCCCCC/C=C\CCCCCCCCCCCCCC(=O)N[C@@H](CO[C@@H]1OC(CO)[C@@H](O[C@@H]2OC(CO)[C@H](O)[C@H](O[C@@H]3OC(CO)[C@@H](O[C@@H]4OC(CO)[C@H](O)[C@H](O[C@@H]5OC(CO)[C@H](O)[C@H](O[C@]6(C(=O)O)CC(O)[C@@H](NC(C)=O)C([C@H](O)[C@H](O)CO)O6)C5NC(C)=O)C4O)[C@H](O)C3NC(C)=O)C2O)[C@H](O)C1O)[C@H](O)/C=C/CCCCCCCCCCCCC. The lowest BCUT2D eigenvalue weighted by Crippen LogP contribution is -2.72. The van der Waals surface area contributed by atoms with Gasteiger partial charge in [0.15, 0.2) is 31.5 Å². The number of unbranched alkanes of at least 4 members (excludes halogenated alkanes) is 28. The zero-order valence-electron chi connectivity index (χ0n) is 74.5. The molecule has 0 aromatic rings. The highest BCUT2D eigenvalue weighted by molar-refractivity contribution is 5.77. The van der Waals surface area contributed by atoms with Crippen molar-refractivity contribution in [3.05, 3.63) is 24.3 Å². The molecule has 6 fully saturated rings. The summed E-state index contributed by atoms with van der Waals surface area (Å²) < 4.78 is 71.5. The lowest BCUT2D eigenvalue weighted by Gasteiger charge is -2.52. The number of nitrogens with one attached hydrogen (secondary N) is 4. The molecule has 0 aromatic heterocycles. The minimum absolute atomic E-state index is 0.156. The van der Waals surface area contributed by atoms with Crippen LogP contribution in [0, 0.1) is 0 Å². The quantitative estimate of drug-likeness (QED) is 0.0258. The number of aliphatic hydroxyl groups is 18. The van der Waals surface area contributed by atoms with E-state index in [9.17, 15) is 121 Å². The van der Waals surface area contributed by atoms with Gasteiger partial charge in [0.2, 0.25) is 23.6 Å².